The molecule has 0 amide bonds. The van der Waals surface area contributed by atoms with Crippen molar-refractivity contribution < 1.29 is 4.92 Å². The molecule has 106 valence electrons. The lowest BCUT2D eigenvalue weighted by molar-refractivity contribution is -0.382. The highest BCUT2D eigenvalue weighted by molar-refractivity contribution is 5.80. The van der Waals surface area contributed by atoms with E-state index in [1.807, 2.05) is 30.9 Å². The third-order valence-corrected chi connectivity index (χ3v) is 3.98. The fraction of sp³-hybridized carbons (Fsp3) is 0.500. The first-order valence-electron chi connectivity index (χ1n) is 7.04. The quantitative estimate of drug-likeness (QED) is 0.637. The minimum atomic E-state index is -0.283. The summed E-state index contributed by atoms with van der Waals surface area (Å²) in [5.74, 6) is 0.525. The highest BCUT2D eigenvalue weighted by Crippen LogP contribution is 2.36. The molecule has 3 heterocycles. The molecule has 0 aromatic carbocycles. The van der Waals surface area contributed by atoms with Crippen LogP contribution in [0.4, 0.5) is 11.5 Å². The third kappa shape index (κ3) is 1.83. The molecule has 3 rings (SSSR count). The lowest BCUT2D eigenvalue weighted by Crippen LogP contribution is -2.19. The maximum atomic E-state index is 11.6. The Bertz CT molecular complexity index is 671. The van der Waals surface area contributed by atoms with Gasteiger partial charge in [-0.15, -0.1) is 5.10 Å². The molecule has 0 bridgehead atoms. The van der Waals surface area contributed by atoms with Crippen LogP contribution in [0.5, 0.6) is 0 Å². The molecule has 6 nitrogen and oxygen atoms in total. The first-order valence-corrected chi connectivity index (χ1v) is 7.04. The zero-order valence-electron chi connectivity index (χ0n) is 11.8. The van der Waals surface area contributed by atoms with Crippen LogP contribution >= 0.6 is 0 Å². The molecule has 6 heteroatoms. The molecule has 1 saturated heterocycles. The number of fused-ring (bicyclic) bond motifs is 1. The predicted molar refractivity (Wildman–Crippen MR) is 77.4 cm³/mol. The molecule has 0 N–H and O–H groups in total. The van der Waals surface area contributed by atoms with Crippen LogP contribution in [0.3, 0.4) is 0 Å². The van der Waals surface area contributed by atoms with Gasteiger partial charge in [0.1, 0.15) is 5.52 Å². The SMILES string of the molecule is CCc1ccc(C)n2nc(N3CCCC3)c([N+](=O)[O-])c12. The molecule has 20 heavy (non-hydrogen) atoms. The van der Waals surface area contributed by atoms with Gasteiger partial charge in [-0.3, -0.25) is 10.1 Å². The van der Waals surface area contributed by atoms with E-state index in [-0.39, 0.29) is 10.6 Å². The molecule has 0 unspecified atom stereocenters. The molecular formula is C14H18N4O2. The van der Waals surface area contributed by atoms with Crippen LogP contribution in [0.25, 0.3) is 5.52 Å². The third-order valence-electron chi connectivity index (χ3n) is 3.98. The van der Waals surface area contributed by atoms with Crippen LogP contribution in [0, 0.1) is 17.0 Å². The van der Waals surface area contributed by atoms with E-state index < -0.39 is 0 Å². The second-order valence-electron chi connectivity index (χ2n) is 5.24. The van der Waals surface area contributed by atoms with E-state index in [9.17, 15) is 10.1 Å². The standard InChI is InChI=1S/C14H18N4O2/c1-3-11-7-6-10(2)17-12(11)13(18(19)20)14(15-17)16-8-4-5-9-16/h6-7H,3-5,8-9H2,1-2H3. The summed E-state index contributed by atoms with van der Waals surface area (Å²) >= 11 is 0. The summed E-state index contributed by atoms with van der Waals surface area (Å²) in [5, 5.41) is 16.1. The number of rotatable bonds is 3. The Balaban J connectivity index is 2.32. The maximum Gasteiger partial charge on any atom is 0.339 e. The molecule has 1 fully saturated rings. The molecule has 2 aromatic heterocycles. The summed E-state index contributed by atoms with van der Waals surface area (Å²) in [6.07, 6.45) is 2.91. The molecule has 1 aliphatic heterocycles. The summed E-state index contributed by atoms with van der Waals surface area (Å²) in [6.45, 7) is 5.64. The molecule has 0 saturated carbocycles. The average Bonchev–Trinajstić information content (AvgIpc) is 3.06. The molecule has 0 aliphatic carbocycles. The fourth-order valence-corrected chi connectivity index (χ4v) is 2.91. The van der Waals surface area contributed by atoms with Crippen molar-refractivity contribution in [2.45, 2.75) is 33.1 Å². The molecule has 0 spiro atoms. The van der Waals surface area contributed by atoms with Crippen LogP contribution in [0.1, 0.15) is 31.0 Å². The fourth-order valence-electron chi connectivity index (χ4n) is 2.91. The normalized spacial score (nSPS) is 15.2. The second kappa shape index (κ2) is 4.77. The molecular weight excluding hydrogens is 256 g/mol. The summed E-state index contributed by atoms with van der Waals surface area (Å²) in [7, 11) is 0. The van der Waals surface area contributed by atoms with Crippen molar-refractivity contribution in [3.63, 3.8) is 0 Å². The number of aromatic nitrogens is 2. The van der Waals surface area contributed by atoms with E-state index in [1.165, 1.54) is 0 Å². The number of aryl methyl sites for hydroxylation is 2. The van der Waals surface area contributed by atoms with Gasteiger partial charge in [0.25, 0.3) is 0 Å². The van der Waals surface area contributed by atoms with Gasteiger partial charge in [-0.05, 0) is 37.8 Å². The van der Waals surface area contributed by atoms with Crippen molar-refractivity contribution in [1.29, 1.82) is 0 Å². The molecule has 0 radical (unpaired) electrons. The van der Waals surface area contributed by atoms with E-state index in [0.717, 1.165) is 43.6 Å². The van der Waals surface area contributed by atoms with Crippen LogP contribution < -0.4 is 4.90 Å². The van der Waals surface area contributed by atoms with Gasteiger partial charge in [-0.25, -0.2) is 4.52 Å². The van der Waals surface area contributed by atoms with Crippen molar-refractivity contribution in [2.24, 2.45) is 0 Å². The minimum absolute atomic E-state index is 0.160. The number of nitro groups is 1. The van der Waals surface area contributed by atoms with Crippen molar-refractivity contribution in [3.05, 3.63) is 33.5 Å². The molecule has 1 aliphatic rings. The van der Waals surface area contributed by atoms with Gasteiger partial charge in [-0.1, -0.05) is 13.0 Å². The Morgan fingerprint density at radius 2 is 2.05 bits per heavy atom. The van der Waals surface area contributed by atoms with Gasteiger partial charge in [0.05, 0.1) is 4.92 Å². The Morgan fingerprint density at radius 1 is 1.35 bits per heavy atom. The smallest absolute Gasteiger partial charge is 0.339 e. The van der Waals surface area contributed by atoms with Crippen LogP contribution in [0.2, 0.25) is 0 Å². The van der Waals surface area contributed by atoms with Gasteiger partial charge in [-0.2, -0.15) is 0 Å². The maximum absolute atomic E-state index is 11.6. The van der Waals surface area contributed by atoms with Crippen molar-refractivity contribution >= 4 is 17.0 Å². The number of pyridine rings is 1. The number of nitrogens with zero attached hydrogens (tertiary/aromatic N) is 4. The zero-order valence-corrected chi connectivity index (χ0v) is 11.8. The zero-order chi connectivity index (χ0) is 14.3. The summed E-state index contributed by atoms with van der Waals surface area (Å²) < 4.78 is 1.73. The van der Waals surface area contributed by atoms with Crippen LogP contribution in [-0.2, 0) is 6.42 Å². The number of hydrogen-bond acceptors (Lipinski definition) is 4. The predicted octanol–water partition coefficient (Wildman–Crippen LogP) is 2.71. The van der Waals surface area contributed by atoms with E-state index in [1.54, 1.807) is 4.52 Å². The van der Waals surface area contributed by atoms with E-state index in [4.69, 9.17) is 0 Å². The van der Waals surface area contributed by atoms with E-state index >= 15 is 0 Å². The lowest BCUT2D eigenvalue weighted by atomic mass is 10.1. The summed E-state index contributed by atoms with van der Waals surface area (Å²) in [6, 6.07) is 3.93. The van der Waals surface area contributed by atoms with Crippen molar-refractivity contribution in [1.82, 2.24) is 9.61 Å². The van der Waals surface area contributed by atoms with Crippen LogP contribution in [0.15, 0.2) is 12.1 Å². The van der Waals surface area contributed by atoms with E-state index in [0.29, 0.717) is 11.3 Å². The van der Waals surface area contributed by atoms with Gasteiger partial charge < -0.3 is 4.90 Å². The summed E-state index contributed by atoms with van der Waals surface area (Å²) in [4.78, 5) is 13.3. The van der Waals surface area contributed by atoms with Gasteiger partial charge in [0, 0.05) is 18.8 Å². The number of hydrogen-bond donors (Lipinski definition) is 0. The molecule has 0 atom stereocenters. The van der Waals surface area contributed by atoms with Gasteiger partial charge in [0.15, 0.2) is 0 Å². The summed E-state index contributed by atoms with van der Waals surface area (Å²) in [5.41, 5.74) is 2.71. The monoisotopic (exact) mass is 274 g/mol. The average molecular weight is 274 g/mol. The topological polar surface area (TPSA) is 63.7 Å². The largest absolute Gasteiger partial charge is 0.349 e. The van der Waals surface area contributed by atoms with Gasteiger partial charge >= 0.3 is 5.69 Å². The first kappa shape index (κ1) is 12.9. The molecule has 2 aromatic rings. The van der Waals surface area contributed by atoms with Gasteiger partial charge in [0.2, 0.25) is 5.82 Å². The number of anilines is 1. The Labute approximate surface area is 117 Å². The Kier molecular flexibility index (Phi) is 3.08. The Morgan fingerprint density at radius 3 is 2.65 bits per heavy atom. The van der Waals surface area contributed by atoms with Crippen molar-refractivity contribution in [2.75, 3.05) is 18.0 Å². The second-order valence-corrected chi connectivity index (χ2v) is 5.24. The highest BCUT2D eigenvalue weighted by Gasteiger charge is 2.30. The Hall–Kier alpha value is -2.11. The van der Waals surface area contributed by atoms with E-state index in [2.05, 4.69) is 5.10 Å². The van der Waals surface area contributed by atoms with Crippen LogP contribution in [-0.4, -0.2) is 27.6 Å². The minimum Gasteiger partial charge on any atom is -0.349 e. The highest BCUT2D eigenvalue weighted by atomic mass is 16.6. The first-order chi connectivity index (χ1) is 9.63. The van der Waals surface area contributed by atoms with Crippen molar-refractivity contribution in [3.8, 4) is 0 Å². The lowest BCUT2D eigenvalue weighted by Gasteiger charge is -2.12.